The van der Waals surface area contributed by atoms with Gasteiger partial charge in [0.15, 0.2) is 5.96 Å². The third kappa shape index (κ3) is 4.89. The molecule has 1 saturated heterocycles. The van der Waals surface area contributed by atoms with E-state index in [1.165, 1.54) is 10.6 Å². The molecule has 0 saturated carbocycles. The van der Waals surface area contributed by atoms with Gasteiger partial charge >= 0.3 is 0 Å². The van der Waals surface area contributed by atoms with Gasteiger partial charge in [-0.1, -0.05) is 12.1 Å². The third-order valence-corrected chi connectivity index (χ3v) is 5.40. The normalized spacial score (nSPS) is 15.9. The van der Waals surface area contributed by atoms with Crippen molar-refractivity contribution in [1.29, 1.82) is 0 Å². The van der Waals surface area contributed by atoms with Gasteiger partial charge in [0.25, 0.3) is 0 Å². The van der Waals surface area contributed by atoms with E-state index in [1.54, 1.807) is 7.11 Å². The zero-order valence-corrected chi connectivity index (χ0v) is 15.7. The maximum absolute atomic E-state index is 5.27. The SMILES string of the molecule is CN=C(NCc1cccc(OC)c1)NC1CCN(c2cccs2)CC1. The van der Waals surface area contributed by atoms with E-state index in [0.29, 0.717) is 6.04 Å². The molecule has 1 fully saturated rings. The number of piperidine rings is 1. The molecule has 134 valence electrons. The number of thiophene rings is 1. The Morgan fingerprint density at radius 2 is 2.12 bits per heavy atom. The minimum atomic E-state index is 0.465. The molecule has 0 spiro atoms. The Labute approximate surface area is 153 Å². The molecule has 2 N–H and O–H groups in total. The monoisotopic (exact) mass is 358 g/mol. The highest BCUT2D eigenvalue weighted by Gasteiger charge is 2.20. The van der Waals surface area contributed by atoms with Crippen LogP contribution in [0.1, 0.15) is 18.4 Å². The summed E-state index contributed by atoms with van der Waals surface area (Å²) in [5.74, 6) is 1.74. The van der Waals surface area contributed by atoms with Crippen molar-refractivity contribution in [3.63, 3.8) is 0 Å². The second-order valence-electron chi connectivity index (χ2n) is 6.13. The summed E-state index contributed by atoms with van der Waals surface area (Å²) >= 11 is 1.82. The molecule has 2 aromatic rings. The van der Waals surface area contributed by atoms with Crippen molar-refractivity contribution in [2.75, 3.05) is 32.1 Å². The van der Waals surface area contributed by atoms with Crippen LogP contribution in [0.15, 0.2) is 46.8 Å². The first-order valence-corrected chi connectivity index (χ1v) is 9.55. The van der Waals surface area contributed by atoms with Crippen molar-refractivity contribution >= 4 is 22.3 Å². The number of nitrogens with one attached hydrogen (secondary N) is 2. The van der Waals surface area contributed by atoms with E-state index in [-0.39, 0.29) is 0 Å². The fourth-order valence-electron chi connectivity index (χ4n) is 3.05. The Morgan fingerprint density at radius 3 is 2.80 bits per heavy atom. The van der Waals surface area contributed by atoms with Gasteiger partial charge in [-0.15, -0.1) is 11.3 Å². The molecule has 6 heteroatoms. The van der Waals surface area contributed by atoms with Gasteiger partial charge < -0.3 is 20.3 Å². The lowest BCUT2D eigenvalue weighted by atomic mass is 10.1. The van der Waals surface area contributed by atoms with E-state index in [0.717, 1.165) is 44.2 Å². The van der Waals surface area contributed by atoms with Crippen LogP contribution in [0.4, 0.5) is 5.00 Å². The van der Waals surface area contributed by atoms with E-state index >= 15 is 0 Å². The predicted octanol–water partition coefficient (Wildman–Crippen LogP) is 3.09. The van der Waals surface area contributed by atoms with Crippen LogP contribution >= 0.6 is 11.3 Å². The van der Waals surface area contributed by atoms with E-state index in [2.05, 4.69) is 44.1 Å². The minimum absolute atomic E-state index is 0.465. The molecule has 1 aliphatic rings. The first kappa shape index (κ1) is 17.6. The van der Waals surface area contributed by atoms with Gasteiger partial charge in [-0.2, -0.15) is 0 Å². The summed E-state index contributed by atoms with van der Waals surface area (Å²) in [4.78, 5) is 6.83. The molecular weight excluding hydrogens is 332 g/mol. The van der Waals surface area contributed by atoms with Gasteiger partial charge in [0, 0.05) is 32.7 Å². The summed E-state index contributed by atoms with van der Waals surface area (Å²) in [6, 6.07) is 12.9. The molecule has 25 heavy (non-hydrogen) atoms. The lowest BCUT2D eigenvalue weighted by molar-refractivity contribution is 0.414. The third-order valence-electron chi connectivity index (χ3n) is 4.47. The van der Waals surface area contributed by atoms with Gasteiger partial charge in [0.1, 0.15) is 5.75 Å². The molecule has 0 unspecified atom stereocenters. The number of anilines is 1. The topological polar surface area (TPSA) is 48.9 Å². The molecule has 0 bridgehead atoms. The summed E-state index contributed by atoms with van der Waals surface area (Å²) in [6.07, 6.45) is 2.25. The zero-order chi connectivity index (χ0) is 17.5. The number of methoxy groups -OCH3 is 1. The molecule has 1 aliphatic heterocycles. The van der Waals surface area contributed by atoms with E-state index in [9.17, 15) is 0 Å². The second kappa shape index (κ2) is 8.76. The van der Waals surface area contributed by atoms with Crippen molar-refractivity contribution in [3.8, 4) is 5.75 Å². The smallest absolute Gasteiger partial charge is 0.191 e. The molecule has 2 heterocycles. The van der Waals surface area contributed by atoms with Crippen LogP contribution in [-0.2, 0) is 6.54 Å². The predicted molar refractivity (Wildman–Crippen MR) is 106 cm³/mol. The number of nitrogens with zero attached hydrogens (tertiary/aromatic N) is 2. The Kier molecular flexibility index (Phi) is 6.17. The number of benzene rings is 1. The van der Waals surface area contributed by atoms with Crippen LogP contribution in [0.25, 0.3) is 0 Å². The van der Waals surface area contributed by atoms with Crippen molar-refractivity contribution in [1.82, 2.24) is 10.6 Å². The Hall–Kier alpha value is -2.21. The van der Waals surface area contributed by atoms with Gasteiger partial charge in [0.05, 0.1) is 12.1 Å². The summed E-state index contributed by atoms with van der Waals surface area (Å²) in [6.45, 7) is 2.90. The molecule has 3 rings (SSSR count). The van der Waals surface area contributed by atoms with Crippen LogP contribution in [-0.4, -0.2) is 39.2 Å². The number of hydrogen-bond acceptors (Lipinski definition) is 4. The van der Waals surface area contributed by atoms with Crippen molar-refractivity contribution in [3.05, 3.63) is 47.3 Å². The van der Waals surface area contributed by atoms with Crippen LogP contribution in [0.3, 0.4) is 0 Å². The highest BCUT2D eigenvalue weighted by Crippen LogP contribution is 2.24. The fourth-order valence-corrected chi connectivity index (χ4v) is 3.84. The quantitative estimate of drug-likeness (QED) is 0.637. The summed E-state index contributed by atoms with van der Waals surface area (Å²) in [7, 11) is 3.51. The highest BCUT2D eigenvalue weighted by molar-refractivity contribution is 7.14. The van der Waals surface area contributed by atoms with E-state index in [1.807, 2.05) is 36.6 Å². The Morgan fingerprint density at radius 1 is 1.28 bits per heavy atom. The maximum Gasteiger partial charge on any atom is 0.191 e. The average Bonchev–Trinajstić information content (AvgIpc) is 3.20. The number of ether oxygens (including phenoxy) is 1. The van der Waals surface area contributed by atoms with Gasteiger partial charge in [0.2, 0.25) is 0 Å². The maximum atomic E-state index is 5.27. The number of hydrogen-bond donors (Lipinski definition) is 2. The summed E-state index contributed by atoms with van der Waals surface area (Å²) in [5.41, 5.74) is 1.18. The molecular formula is C19H26N4OS. The van der Waals surface area contributed by atoms with Crippen LogP contribution in [0.5, 0.6) is 5.75 Å². The number of aliphatic imine (C=N–C) groups is 1. The van der Waals surface area contributed by atoms with Gasteiger partial charge in [-0.25, -0.2) is 0 Å². The molecule has 0 radical (unpaired) electrons. The lowest BCUT2D eigenvalue weighted by Crippen LogP contribution is -2.48. The first-order chi connectivity index (χ1) is 12.3. The average molecular weight is 359 g/mol. The first-order valence-electron chi connectivity index (χ1n) is 8.67. The number of rotatable bonds is 5. The summed E-state index contributed by atoms with van der Waals surface area (Å²) in [5, 5.41) is 10.5. The van der Waals surface area contributed by atoms with Crippen molar-refractivity contribution < 1.29 is 4.74 Å². The largest absolute Gasteiger partial charge is 0.497 e. The molecule has 0 atom stereocenters. The van der Waals surface area contributed by atoms with Gasteiger partial charge in [-0.05, 0) is 48.1 Å². The van der Waals surface area contributed by atoms with Gasteiger partial charge in [-0.3, -0.25) is 4.99 Å². The molecule has 0 aliphatic carbocycles. The van der Waals surface area contributed by atoms with Crippen LogP contribution in [0, 0.1) is 0 Å². The highest BCUT2D eigenvalue weighted by atomic mass is 32.1. The number of guanidine groups is 1. The molecule has 5 nitrogen and oxygen atoms in total. The summed E-state index contributed by atoms with van der Waals surface area (Å²) < 4.78 is 5.27. The lowest BCUT2D eigenvalue weighted by Gasteiger charge is -2.33. The van der Waals surface area contributed by atoms with Crippen molar-refractivity contribution in [2.24, 2.45) is 4.99 Å². The van der Waals surface area contributed by atoms with E-state index < -0.39 is 0 Å². The Balaban J connectivity index is 1.46. The van der Waals surface area contributed by atoms with Crippen LogP contribution < -0.4 is 20.3 Å². The standard InChI is InChI=1S/C19H26N4OS/c1-20-19(21-14-15-5-3-6-17(13-15)24-2)22-16-8-10-23(11-9-16)18-7-4-12-25-18/h3-7,12-13,16H,8-11,14H2,1-2H3,(H2,20,21,22). The zero-order valence-electron chi connectivity index (χ0n) is 14.9. The second-order valence-corrected chi connectivity index (χ2v) is 7.06. The molecule has 0 amide bonds. The fraction of sp³-hybridized carbons (Fsp3) is 0.421. The molecule has 1 aromatic heterocycles. The minimum Gasteiger partial charge on any atom is -0.497 e. The van der Waals surface area contributed by atoms with Crippen LogP contribution in [0.2, 0.25) is 0 Å². The van der Waals surface area contributed by atoms with E-state index in [4.69, 9.17) is 4.74 Å². The molecule has 1 aromatic carbocycles. The van der Waals surface area contributed by atoms with Crippen molar-refractivity contribution in [2.45, 2.75) is 25.4 Å². The Bertz CT molecular complexity index is 678.